The zero-order valence-corrected chi connectivity index (χ0v) is 20.8. The lowest BCUT2D eigenvalue weighted by Crippen LogP contribution is -2.48. The van der Waals surface area contributed by atoms with Crippen LogP contribution in [-0.2, 0) is 23.7 Å². The third-order valence-electron chi connectivity index (χ3n) is 5.80. The van der Waals surface area contributed by atoms with Crippen molar-refractivity contribution in [1.29, 1.82) is 0 Å². The fourth-order valence-corrected chi connectivity index (χ4v) is 4.42. The van der Waals surface area contributed by atoms with Gasteiger partial charge in [-0.15, -0.1) is 24.0 Å². The number of rotatable bonds is 5. The second kappa shape index (κ2) is 10.7. The summed E-state index contributed by atoms with van der Waals surface area (Å²) in [5.41, 5.74) is 3.97. The van der Waals surface area contributed by atoms with E-state index in [2.05, 4.69) is 58.0 Å². The molecule has 0 amide bonds. The average molecular weight is 531 g/mol. The zero-order chi connectivity index (χ0) is 20.1. The molecule has 2 heterocycles. The number of guanidine groups is 1. The van der Waals surface area contributed by atoms with Crippen LogP contribution in [0.15, 0.2) is 41.5 Å². The molecule has 1 aromatic carbocycles. The van der Waals surface area contributed by atoms with E-state index in [1.54, 1.807) is 0 Å². The summed E-state index contributed by atoms with van der Waals surface area (Å²) in [6, 6.07) is 10.7. The summed E-state index contributed by atoms with van der Waals surface area (Å²) in [6.07, 6.45) is 3.95. The molecule has 7 heteroatoms. The van der Waals surface area contributed by atoms with Crippen LogP contribution < -0.4 is 5.32 Å². The standard InChI is InChI=1S/C22H31ClN4O.HI/c1-17-7-5-6-8-20(17)22(9-11-28-12-10-22)16-25-21(24-2)27(4)15-19-13-18(23)14-26(19)3;/h5-8,13-14H,9-12,15-16H2,1-4H3,(H,24,25);1H. The highest BCUT2D eigenvalue weighted by Gasteiger charge is 2.35. The molecule has 5 nitrogen and oxygen atoms in total. The van der Waals surface area contributed by atoms with E-state index >= 15 is 0 Å². The fourth-order valence-electron chi connectivity index (χ4n) is 4.15. The van der Waals surface area contributed by atoms with Crippen LogP contribution in [0.3, 0.4) is 0 Å². The van der Waals surface area contributed by atoms with Crippen LogP contribution in [0.4, 0.5) is 0 Å². The lowest BCUT2D eigenvalue weighted by Gasteiger charge is -2.39. The van der Waals surface area contributed by atoms with Crippen molar-refractivity contribution in [3.8, 4) is 0 Å². The van der Waals surface area contributed by atoms with E-state index in [0.717, 1.165) is 55.8 Å². The Morgan fingerprint density at radius 3 is 2.59 bits per heavy atom. The number of ether oxygens (including phenoxy) is 1. The van der Waals surface area contributed by atoms with E-state index in [4.69, 9.17) is 16.3 Å². The van der Waals surface area contributed by atoms with E-state index in [1.165, 1.54) is 11.1 Å². The highest BCUT2D eigenvalue weighted by Crippen LogP contribution is 2.36. The summed E-state index contributed by atoms with van der Waals surface area (Å²) < 4.78 is 7.73. The van der Waals surface area contributed by atoms with E-state index in [-0.39, 0.29) is 29.4 Å². The largest absolute Gasteiger partial charge is 0.381 e. The Balaban J connectivity index is 0.00000300. The first kappa shape index (κ1) is 24.0. The number of aliphatic imine (C=N–C) groups is 1. The Morgan fingerprint density at radius 2 is 2.00 bits per heavy atom. The van der Waals surface area contributed by atoms with Crippen LogP contribution in [0, 0.1) is 6.92 Å². The van der Waals surface area contributed by atoms with Gasteiger partial charge in [-0.3, -0.25) is 4.99 Å². The first-order valence-electron chi connectivity index (χ1n) is 9.81. The van der Waals surface area contributed by atoms with Crippen molar-refractivity contribution in [1.82, 2.24) is 14.8 Å². The molecule has 0 unspecified atom stereocenters. The van der Waals surface area contributed by atoms with Gasteiger partial charge in [0.1, 0.15) is 0 Å². The van der Waals surface area contributed by atoms with Crippen molar-refractivity contribution in [2.45, 2.75) is 31.7 Å². The summed E-state index contributed by atoms with van der Waals surface area (Å²) in [4.78, 5) is 6.65. The summed E-state index contributed by atoms with van der Waals surface area (Å²) >= 11 is 6.13. The van der Waals surface area contributed by atoms with Crippen LogP contribution in [0.5, 0.6) is 0 Å². The quantitative estimate of drug-likeness (QED) is 0.355. The number of nitrogens with zero attached hydrogens (tertiary/aromatic N) is 3. The summed E-state index contributed by atoms with van der Waals surface area (Å²) in [7, 11) is 5.91. The van der Waals surface area contributed by atoms with Crippen molar-refractivity contribution >= 4 is 41.5 Å². The van der Waals surface area contributed by atoms with Gasteiger partial charge in [-0.1, -0.05) is 35.9 Å². The highest BCUT2D eigenvalue weighted by atomic mass is 127. The molecule has 1 N–H and O–H groups in total. The van der Waals surface area contributed by atoms with Crippen LogP contribution in [-0.4, -0.2) is 49.3 Å². The van der Waals surface area contributed by atoms with Gasteiger partial charge < -0.3 is 19.5 Å². The molecule has 160 valence electrons. The van der Waals surface area contributed by atoms with E-state index < -0.39 is 0 Å². The number of benzene rings is 1. The molecule has 1 aromatic heterocycles. The fraction of sp³-hybridized carbons (Fsp3) is 0.500. The molecule has 0 bridgehead atoms. The Morgan fingerprint density at radius 1 is 1.31 bits per heavy atom. The van der Waals surface area contributed by atoms with Gasteiger partial charge in [-0.2, -0.15) is 0 Å². The van der Waals surface area contributed by atoms with Gasteiger partial charge in [0, 0.05) is 58.2 Å². The molecule has 0 saturated carbocycles. The molecule has 0 spiro atoms. The van der Waals surface area contributed by atoms with Crippen molar-refractivity contribution < 1.29 is 4.74 Å². The lowest BCUT2D eigenvalue weighted by molar-refractivity contribution is 0.0510. The van der Waals surface area contributed by atoms with Gasteiger partial charge in [0.05, 0.1) is 11.6 Å². The highest BCUT2D eigenvalue weighted by molar-refractivity contribution is 14.0. The molecular formula is C22H32ClIN4O. The van der Waals surface area contributed by atoms with Gasteiger partial charge >= 0.3 is 0 Å². The monoisotopic (exact) mass is 530 g/mol. The second-order valence-electron chi connectivity index (χ2n) is 7.73. The predicted octanol–water partition coefficient (Wildman–Crippen LogP) is 4.36. The summed E-state index contributed by atoms with van der Waals surface area (Å²) in [6.45, 7) is 5.38. The van der Waals surface area contributed by atoms with Crippen molar-refractivity contribution in [2.75, 3.05) is 33.9 Å². The van der Waals surface area contributed by atoms with Crippen LogP contribution in [0.1, 0.15) is 29.7 Å². The zero-order valence-electron chi connectivity index (χ0n) is 17.7. The normalized spacial score (nSPS) is 16.2. The van der Waals surface area contributed by atoms with Gasteiger partial charge in [0.25, 0.3) is 0 Å². The van der Waals surface area contributed by atoms with Crippen molar-refractivity contribution in [2.24, 2.45) is 12.0 Å². The number of hydrogen-bond donors (Lipinski definition) is 1. The third-order valence-corrected chi connectivity index (χ3v) is 6.00. The maximum Gasteiger partial charge on any atom is 0.193 e. The molecule has 1 fully saturated rings. The number of hydrogen-bond acceptors (Lipinski definition) is 2. The SMILES string of the molecule is CN=C(NCC1(c2ccccc2C)CCOCC1)N(C)Cc1cc(Cl)cn1C.I. The first-order chi connectivity index (χ1) is 13.4. The minimum absolute atomic E-state index is 0. The number of halogens is 2. The number of aromatic nitrogens is 1. The molecule has 1 aliphatic rings. The molecule has 3 rings (SSSR count). The summed E-state index contributed by atoms with van der Waals surface area (Å²) in [5, 5.41) is 4.39. The molecule has 1 aliphatic heterocycles. The molecule has 0 aliphatic carbocycles. The maximum absolute atomic E-state index is 6.13. The maximum atomic E-state index is 6.13. The first-order valence-corrected chi connectivity index (χ1v) is 10.2. The Kier molecular flexibility index (Phi) is 8.85. The molecular weight excluding hydrogens is 499 g/mol. The summed E-state index contributed by atoms with van der Waals surface area (Å²) in [5.74, 6) is 0.886. The topological polar surface area (TPSA) is 41.8 Å². The van der Waals surface area contributed by atoms with Gasteiger partial charge in [0.2, 0.25) is 0 Å². The average Bonchev–Trinajstić information content (AvgIpc) is 3.00. The minimum Gasteiger partial charge on any atom is -0.381 e. The third kappa shape index (κ3) is 5.67. The molecule has 0 radical (unpaired) electrons. The van der Waals surface area contributed by atoms with Gasteiger partial charge in [-0.25, -0.2) is 0 Å². The molecule has 0 atom stereocenters. The second-order valence-corrected chi connectivity index (χ2v) is 8.16. The molecule has 29 heavy (non-hydrogen) atoms. The number of aryl methyl sites for hydroxylation is 2. The lowest BCUT2D eigenvalue weighted by atomic mass is 9.72. The van der Waals surface area contributed by atoms with E-state index in [1.807, 2.05) is 26.4 Å². The van der Waals surface area contributed by atoms with Crippen molar-refractivity contribution in [3.05, 3.63) is 58.4 Å². The van der Waals surface area contributed by atoms with E-state index in [0.29, 0.717) is 0 Å². The van der Waals surface area contributed by atoms with E-state index in [9.17, 15) is 0 Å². The van der Waals surface area contributed by atoms with Crippen LogP contribution in [0.2, 0.25) is 5.02 Å². The van der Waals surface area contributed by atoms with Crippen LogP contribution >= 0.6 is 35.6 Å². The van der Waals surface area contributed by atoms with Crippen molar-refractivity contribution in [3.63, 3.8) is 0 Å². The molecule has 1 saturated heterocycles. The smallest absolute Gasteiger partial charge is 0.193 e. The van der Waals surface area contributed by atoms with Gasteiger partial charge in [-0.05, 0) is 37.0 Å². The Bertz CT molecular complexity index is 830. The minimum atomic E-state index is 0. The van der Waals surface area contributed by atoms with Gasteiger partial charge in [0.15, 0.2) is 5.96 Å². The Hall–Kier alpha value is -1.25. The molecule has 2 aromatic rings. The Labute approximate surface area is 196 Å². The number of nitrogens with one attached hydrogen (secondary N) is 1. The van der Waals surface area contributed by atoms with Crippen LogP contribution in [0.25, 0.3) is 0 Å². The predicted molar refractivity (Wildman–Crippen MR) is 132 cm³/mol.